The van der Waals surface area contributed by atoms with E-state index in [1.807, 2.05) is 13.1 Å². The Morgan fingerprint density at radius 2 is 2.62 bits per heavy atom. The fourth-order valence-corrected chi connectivity index (χ4v) is 0.653. The summed E-state index contributed by atoms with van der Waals surface area (Å²) in [6.07, 6.45) is 4.94. The van der Waals surface area contributed by atoms with Crippen LogP contribution in [0, 0.1) is 0 Å². The summed E-state index contributed by atoms with van der Waals surface area (Å²) < 4.78 is 0. The van der Waals surface area contributed by atoms with Crippen molar-refractivity contribution >= 4 is 6.21 Å². The van der Waals surface area contributed by atoms with Gasteiger partial charge in [0.05, 0.1) is 5.70 Å². The van der Waals surface area contributed by atoms with Gasteiger partial charge in [0.25, 0.3) is 0 Å². The second-order valence-corrected chi connectivity index (χ2v) is 1.92. The van der Waals surface area contributed by atoms with Gasteiger partial charge in [0.2, 0.25) is 0 Å². The fraction of sp³-hybridized carbons (Fsp3) is 0.286. The van der Waals surface area contributed by atoms with Gasteiger partial charge in [-0.1, -0.05) is 12.7 Å². The van der Waals surface area contributed by atoms with Crippen LogP contribution in [0.2, 0.25) is 0 Å². The van der Waals surface area contributed by atoms with Crippen LogP contribution in [0.3, 0.4) is 0 Å². The molecule has 1 rings (SSSR count). The number of nitrogens with zero attached hydrogens (tertiary/aromatic N) is 1. The highest BCUT2D eigenvalue weighted by Gasteiger charge is 1.96. The van der Waals surface area contributed by atoms with Crippen LogP contribution in [0.5, 0.6) is 0 Å². The first-order valence-corrected chi connectivity index (χ1v) is 2.69. The maximum atomic E-state index is 4.07. The topological polar surface area (TPSA) is 12.4 Å². The first-order chi connectivity index (χ1) is 3.80. The standard InChI is InChI=1S/C7H9N/c1-6(2)7-4-3-5-8-7/h4-5H,1,3H2,2H3. The predicted molar refractivity (Wildman–Crippen MR) is 36.0 cm³/mol. The minimum absolute atomic E-state index is 0.974. The molecule has 0 aromatic carbocycles. The van der Waals surface area contributed by atoms with E-state index in [2.05, 4.69) is 17.6 Å². The minimum atomic E-state index is 0.974. The Morgan fingerprint density at radius 3 is 2.88 bits per heavy atom. The molecule has 1 aliphatic rings. The van der Waals surface area contributed by atoms with Gasteiger partial charge in [-0.15, -0.1) is 0 Å². The molecule has 0 amide bonds. The quantitative estimate of drug-likeness (QED) is 0.485. The molecule has 0 aromatic heterocycles. The second kappa shape index (κ2) is 1.95. The average molecular weight is 107 g/mol. The molecule has 0 aromatic rings. The molecular formula is C7H9N. The van der Waals surface area contributed by atoms with E-state index in [1.165, 1.54) is 0 Å². The van der Waals surface area contributed by atoms with Gasteiger partial charge in [0.15, 0.2) is 0 Å². The molecule has 0 aliphatic carbocycles. The zero-order valence-corrected chi connectivity index (χ0v) is 5.02. The van der Waals surface area contributed by atoms with Gasteiger partial charge in [0, 0.05) is 12.6 Å². The van der Waals surface area contributed by atoms with E-state index >= 15 is 0 Å². The van der Waals surface area contributed by atoms with Gasteiger partial charge in [-0.2, -0.15) is 0 Å². The van der Waals surface area contributed by atoms with Crippen LogP contribution < -0.4 is 0 Å². The highest BCUT2D eigenvalue weighted by atomic mass is 14.7. The van der Waals surface area contributed by atoms with Crippen LogP contribution in [-0.4, -0.2) is 6.21 Å². The third-order valence-electron chi connectivity index (χ3n) is 1.08. The number of rotatable bonds is 1. The number of hydrogen-bond acceptors (Lipinski definition) is 1. The van der Waals surface area contributed by atoms with Gasteiger partial charge in [-0.3, -0.25) is 4.99 Å². The molecule has 42 valence electrons. The maximum absolute atomic E-state index is 4.07. The largest absolute Gasteiger partial charge is 0.261 e. The van der Waals surface area contributed by atoms with Crippen molar-refractivity contribution in [1.29, 1.82) is 0 Å². The zero-order valence-electron chi connectivity index (χ0n) is 5.02. The molecule has 1 aliphatic heterocycles. The number of allylic oxidation sites excluding steroid dienone is 2. The van der Waals surface area contributed by atoms with Crippen molar-refractivity contribution in [1.82, 2.24) is 0 Å². The van der Waals surface area contributed by atoms with E-state index < -0.39 is 0 Å². The highest BCUT2D eigenvalue weighted by Crippen LogP contribution is 2.12. The number of aliphatic imine (C=N–C) groups is 1. The van der Waals surface area contributed by atoms with E-state index in [-0.39, 0.29) is 0 Å². The van der Waals surface area contributed by atoms with Crippen LogP contribution in [0.15, 0.2) is 28.9 Å². The minimum Gasteiger partial charge on any atom is -0.261 e. The molecule has 0 unspecified atom stereocenters. The monoisotopic (exact) mass is 107 g/mol. The molecule has 0 spiro atoms. The summed E-state index contributed by atoms with van der Waals surface area (Å²) in [5.74, 6) is 0. The highest BCUT2D eigenvalue weighted by molar-refractivity contribution is 5.66. The van der Waals surface area contributed by atoms with Crippen LogP contribution in [0.4, 0.5) is 0 Å². The molecule has 0 saturated carbocycles. The summed E-state index contributed by atoms with van der Waals surface area (Å²) >= 11 is 0. The Hall–Kier alpha value is -0.850. The SMILES string of the molecule is C=C(C)C1=CCC=N1. The molecule has 0 radical (unpaired) electrons. The van der Waals surface area contributed by atoms with E-state index in [1.54, 1.807) is 0 Å². The summed E-state index contributed by atoms with van der Waals surface area (Å²) in [5, 5.41) is 0. The van der Waals surface area contributed by atoms with Crippen molar-refractivity contribution in [3.05, 3.63) is 23.9 Å². The van der Waals surface area contributed by atoms with Gasteiger partial charge >= 0.3 is 0 Å². The fourth-order valence-electron chi connectivity index (χ4n) is 0.653. The zero-order chi connectivity index (χ0) is 5.98. The summed E-state index contributed by atoms with van der Waals surface area (Å²) in [7, 11) is 0. The summed E-state index contributed by atoms with van der Waals surface area (Å²) in [6, 6.07) is 0. The van der Waals surface area contributed by atoms with Crippen molar-refractivity contribution in [2.45, 2.75) is 13.3 Å². The van der Waals surface area contributed by atoms with Crippen LogP contribution in [0.25, 0.3) is 0 Å². The van der Waals surface area contributed by atoms with Crippen molar-refractivity contribution < 1.29 is 0 Å². The average Bonchev–Trinajstić information content (AvgIpc) is 2.12. The first kappa shape index (κ1) is 5.29. The Balaban J connectivity index is 2.72. The molecule has 1 heteroatoms. The first-order valence-electron chi connectivity index (χ1n) is 2.69. The molecule has 0 fully saturated rings. The lowest BCUT2D eigenvalue weighted by molar-refractivity contribution is 1.32. The van der Waals surface area contributed by atoms with Crippen molar-refractivity contribution in [3.63, 3.8) is 0 Å². The van der Waals surface area contributed by atoms with E-state index in [4.69, 9.17) is 0 Å². The lowest BCUT2D eigenvalue weighted by atomic mass is 10.2. The molecule has 1 nitrogen and oxygen atoms in total. The lowest BCUT2D eigenvalue weighted by Gasteiger charge is -1.90. The molecule has 1 heterocycles. The molecular weight excluding hydrogens is 98.1 g/mol. The number of hydrogen-bond donors (Lipinski definition) is 0. The second-order valence-electron chi connectivity index (χ2n) is 1.92. The maximum Gasteiger partial charge on any atom is 0.0612 e. The van der Waals surface area contributed by atoms with Crippen LogP contribution in [0.1, 0.15) is 13.3 Å². The van der Waals surface area contributed by atoms with Gasteiger partial charge in [-0.25, -0.2) is 0 Å². The molecule has 0 bridgehead atoms. The predicted octanol–water partition coefficient (Wildman–Crippen LogP) is 1.92. The third-order valence-corrected chi connectivity index (χ3v) is 1.08. The van der Waals surface area contributed by atoms with Crippen molar-refractivity contribution in [2.24, 2.45) is 4.99 Å². The lowest BCUT2D eigenvalue weighted by Crippen LogP contribution is -1.71. The third kappa shape index (κ3) is 0.861. The molecule has 0 N–H and O–H groups in total. The molecule has 0 saturated heterocycles. The Bertz CT molecular complexity index is 163. The van der Waals surface area contributed by atoms with E-state index in [0.717, 1.165) is 17.7 Å². The van der Waals surface area contributed by atoms with Crippen LogP contribution in [-0.2, 0) is 0 Å². The summed E-state index contributed by atoms with van der Waals surface area (Å²) in [4.78, 5) is 4.07. The smallest absolute Gasteiger partial charge is 0.0612 e. The van der Waals surface area contributed by atoms with Crippen molar-refractivity contribution in [2.75, 3.05) is 0 Å². The molecule has 8 heavy (non-hydrogen) atoms. The normalized spacial score (nSPS) is 16.4. The Kier molecular flexibility index (Phi) is 1.29. The Morgan fingerprint density at radius 1 is 1.88 bits per heavy atom. The van der Waals surface area contributed by atoms with Crippen molar-refractivity contribution in [3.8, 4) is 0 Å². The Labute approximate surface area is 49.4 Å². The van der Waals surface area contributed by atoms with Gasteiger partial charge < -0.3 is 0 Å². The van der Waals surface area contributed by atoms with E-state index in [9.17, 15) is 0 Å². The molecule has 0 atom stereocenters. The van der Waals surface area contributed by atoms with Gasteiger partial charge in [-0.05, 0) is 12.5 Å². The van der Waals surface area contributed by atoms with Gasteiger partial charge in [0.1, 0.15) is 0 Å². The summed E-state index contributed by atoms with van der Waals surface area (Å²) in [5.41, 5.74) is 2.10. The van der Waals surface area contributed by atoms with E-state index in [0.29, 0.717) is 0 Å². The van der Waals surface area contributed by atoms with Crippen LogP contribution >= 0.6 is 0 Å². The summed E-state index contributed by atoms with van der Waals surface area (Å²) in [6.45, 7) is 5.72.